The van der Waals surface area contributed by atoms with Crippen molar-refractivity contribution < 1.29 is 0 Å². The molecule has 5 nitrogen and oxygen atoms in total. The number of hydrogen-bond donors (Lipinski definition) is 2. The van der Waals surface area contributed by atoms with Crippen LogP contribution in [0.3, 0.4) is 0 Å². The number of hydrogen-bond acceptors (Lipinski definition) is 2. The van der Waals surface area contributed by atoms with Crippen molar-refractivity contribution in [3.8, 4) is 0 Å². The third kappa shape index (κ3) is 7.86. The molecule has 31 heavy (non-hydrogen) atoms. The number of rotatable bonds is 7. The zero-order valence-electron chi connectivity index (χ0n) is 18.4. The van der Waals surface area contributed by atoms with Crippen LogP contribution >= 0.6 is 24.0 Å². The van der Waals surface area contributed by atoms with Gasteiger partial charge >= 0.3 is 0 Å². The van der Waals surface area contributed by atoms with Crippen LogP contribution in [0.2, 0.25) is 0 Å². The first-order valence-corrected chi connectivity index (χ1v) is 10.3. The van der Waals surface area contributed by atoms with Gasteiger partial charge in [0.1, 0.15) is 0 Å². The number of aromatic nitrogens is 1. The Morgan fingerprint density at radius 3 is 2.23 bits per heavy atom. The summed E-state index contributed by atoms with van der Waals surface area (Å²) in [5.41, 5.74) is 6.21. The minimum atomic E-state index is 0. The zero-order valence-corrected chi connectivity index (χ0v) is 20.7. The summed E-state index contributed by atoms with van der Waals surface area (Å²) < 4.78 is 1.70. The number of guanidine groups is 1. The zero-order chi connectivity index (χ0) is 21.3. The number of nitrogens with zero attached hydrogens (tertiary/aromatic N) is 2. The number of nitrogens with one attached hydrogen (secondary N) is 2. The largest absolute Gasteiger partial charge is 0.356 e. The lowest BCUT2D eigenvalue weighted by Crippen LogP contribution is -2.37. The van der Waals surface area contributed by atoms with Gasteiger partial charge in [0.25, 0.3) is 5.56 Å². The molecule has 0 unspecified atom stereocenters. The van der Waals surface area contributed by atoms with E-state index in [9.17, 15) is 4.79 Å². The van der Waals surface area contributed by atoms with Crippen molar-refractivity contribution >= 4 is 29.9 Å². The highest BCUT2D eigenvalue weighted by atomic mass is 127. The molecule has 0 aliphatic carbocycles. The van der Waals surface area contributed by atoms with Crippen LogP contribution in [0.25, 0.3) is 0 Å². The third-order valence-electron chi connectivity index (χ3n) is 4.95. The van der Waals surface area contributed by atoms with Crippen LogP contribution in [0.15, 0.2) is 76.6 Å². The van der Waals surface area contributed by atoms with Crippen molar-refractivity contribution in [2.45, 2.75) is 33.4 Å². The van der Waals surface area contributed by atoms with Gasteiger partial charge in [-0.3, -0.25) is 9.79 Å². The van der Waals surface area contributed by atoms with Gasteiger partial charge < -0.3 is 15.2 Å². The summed E-state index contributed by atoms with van der Waals surface area (Å²) in [7, 11) is 1.78. The average molecular weight is 530 g/mol. The maximum absolute atomic E-state index is 11.8. The molecule has 1 aromatic heterocycles. The normalized spacial score (nSPS) is 11.0. The Morgan fingerprint density at radius 1 is 0.903 bits per heavy atom. The van der Waals surface area contributed by atoms with E-state index in [2.05, 4.69) is 71.9 Å². The molecule has 1 heterocycles. The van der Waals surface area contributed by atoms with Crippen molar-refractivity contribution in [3.63, 3.8) is 0 Å². The second-order valence-electron chi connectivity index (χ2n) is 7.58. The van der Waals surface area contributed by atoms with E-state index >= 15 is 0 Å². The molecule has 0 fully saturated rings. The molecule has 2 N–H and O–H groups in total. The summed E-state index contributed by atoms with van der Waals surface area (Å²) in [5, 5.41) is 6.73. The van der Waals surface area contributed by atoms with Crippen molar-refractivity contribution in [3.05, 3.63) is 105 Å². The summed E-state index contributed by atoms with van der Waals surface area (Å²) in [6, 6.07) is 20.2. The van der Waals surface area contributed by atoms with E-state index in [0.29, 0.717) is 13.1 Å². The smallest absolute Gasteiger partial charge is 0.250 e. The summed E-state index contributed by atoms with van der Waals surface area (Å²) in [5.74, 6) is 0.791. The second kappa shape index (κ2) is 12.3. The molecular weight excluding hydrogens is 499 g/mol. The minimum absolute atomic E-state index is 0. The van der Waals surface area contributed by atoms with Gasteiger partial charge in [0.2, 0.25) is 0 Å². The van der Waals surface area contributed by atoms with E-state index in [1.54, 1.807) is 23.7 Å². The van der Waals surface area contributed by atoms with Gasteiger partial charge in [-0.25, -0.2) is 0 Å². The summed E-state index contributed by atoms with van der Waals surface area (Å²) in [4.78, 5) is 16.2. The molecule has 0 aliphatic heterocycles. The average Bonchev–Trinajstić information content (AvgIpc) is 2.72. The maximum Gasteiger partial charge on any atom is 0.250 e. The molecule has 0 spiro atoms. The fourth-order valence-corrected chi connectivity index (χ4v) is 3.50. The van der Waals surface area contributed by atoms with Crippen molar-refractivity contribution in [2.24, 2.45) is 4.99 Å². The summed E-state index contributed by atoms with van der Waals surface area (Å²) >= 11 is 0. The highest BCUT2D eigenvalue weighted by Gasteiger charge is 2.02. The lowest BCUT2D eigenvalue weighted by molar-refractivity contribution is 0.758. The van der Waals surface area contributed by atoms with E-state index < -0.39 is 0 Å². The van der Waals surface area contributed by atoms with Crippen molar-refractivity contribution in [1.29, 1.82) is 0 Å². The van der Waals surface area contributed by atoms with E-state index in [4.69, 9.17) is 0 Å². The van der Waals surface area contributed by atoms with Crippen molar-refractivity contribution in [2.75, 3.05) is 13.6 Å². The van der Waals surface area contributed by atoms with E-state index in [0.717, 1.165) is 30.1 Å². The minimum Gasteiger partial charge on any atom is -0.356 e. The predicted molar refractivity (Wildman–Crippen MR) is 139 cm³/mol. The Labute approximate surface area is 201 Å². The molecule has 3 aromatic rings. The first kappa shape index (κ1) is 24.7. The van der Waals surface area contributed by atoms with Crippen LogP contribution in [-0.2, 0) is 19.5 Å². The third-order valence-corrected chi connectivity index (χ3v) is 4.95. The Kier molecular flexibility index (Phi) is 9.78. The van der Waals surface area contributed by atoms with Crippen LogP contribution in [0.5, 0.6) is 0 Å². The Hall–Kier alpha value is -2.61. The van der Waals surface area contributed by atoms with E-state index in [1.165, 1.54) is 16.7 Å². The molecule has 3 rings (SSSR count). The SMILES string of the molecule is CN=C(NCCc1cc(C)cc(C)c1)NCc1ccc(Cn2ccccc2=O)cc1.I. The molecule has 0 saturated carbocycles. The van der Waals surface area contributed by atoms with Crippen LogP contribution in [-0.4, -0.2) is 24.1 Å². The highest BCUT2D eigenvalue weighted by Crippen LogP contribution is 2.09. The predicted octanol–water partition coefficient (Wildman–Crippen LogP) is 4.04. The molecule has 0 amide bonds. The molecule has 164 valence electrons. The van der Waals surface area contributed by atoms with E-state index in [-0.39, 0.29) is 29.5 Å². The van der Waals surface area contributed by atoms with Gasteiger partial charge in [-0.1, -0.05) is 59.7 Å². The molecule has 0 atom stereocenters. The fraction of sp³-hybridized carbons (Fsp3) is 0.280. The van der Waals surface area contributed by atoms with Gasteiger partial charge in [-0.2, -0.15) is 0 Å². The number of benzene rings is 2. The molecule has 0 aliphatic rings. The van der Waals surface area contributed by atoms with Gasteiger partial charge in [0, 0.05) is 32.4 Å². The molecule has 6 heteroatoms. The maximum atomic E-state index is 11.8. The number of pyridine rings is 1. The summed E-state index contributed by atoms with van der Waals surface area (Å²) in [6.45, 7) is 6.36. The van der Waals surface area contributed by atoms with Crippen LogP contribution in [0.1, 0.15) is 27.8 Å². The topological polar surface area (TPSA) is 58.4 Å². The van der Waals surface area contributed by atoms with Gasteiger partial charge in [0.15, 0.2) is 5.96 Å². The molecule has 0 radical (unpaired) electrons. The Balaban J connectivity index is 0.00000341. The van der Waals surface area contributed by atoms with Crippen molar-refractivity contribution in [1.82, 2.24) is 15.2 Å². The quantitative estimate of drug-likeness (QED) is 0.276. The molecule has 2 aromatic carbocycles. The fourth-order valence-electron chi connectivity index (χ4n) is 3.50. The number of aryl methyl sites for hydroxylation is 2. The Bertz CT molecular complexity index is 1040. The van der Waals surface area contributed by atoms with Crippen LogP contribution in [0, 0.1) is 13.8 Å². The number of aliphatic imine (C=N–C) groups is 1. The second-order valence-corrected chi connectivity index (χ2v) is 7.58. The first-order valence-electron chi connectivity index (χ1n) is 10.3. The standard InChI is InChI=1S/C25H30N4O.HI/c1-19-14-20(2)16-23(15-19)11-12-27-25(26-3)28-17-21-7-9-22(10-8-21)18-29-13-5-4-6-24(29)30;/h4-10,13-16H,11-12,17-18H2,1-3H3,(H2,26,27,28);1H. The van der Waals surface area contributed by atoms with Gasteiger partial charge in [0.05, 0.1) is 6.54 Å². The molecule has 0 saturated heterocycles. The van der Waals surface area contributed by atoms with Gasteiger partial charge in [-0.05, 0) is 43.0 Å². The molecular formula is C25H31IN4O. The lowest BCUT2D eigenvalue weighted by atomic mass is 10.1. The molecule has 0 bridgehead atoms. The van der Waals surface area contributed by atoms with Gasteiger partial charge in [-0.15, -0.1) is 24.0 Å². The Morgan fingerprint density at radius 2 is 1.58 bits per heavy atom. The summed E-state index contributed by atoms with van der Waals surface area (Å²) in [6.07, 6.45) is 2.77. The highest BCUT2D eigenvalue weighted by molar-refractivity contribution is 14.0. The van der Waals surface area contributed by atoms with E-state index in [1.807, 2.05) is 12.3 Å². The van der Waals surface area contributed by atoms with Crippen LogP contribution < -0.4 is 16.2 Å². The lowest BCUT2D eigenvalue weighted by Gasteiger charge is -2.13. The number of halogens is 1. The van der Waals surface area contributed by atoms with Crippen LogP contribution in [0.4, 0.5) is 0 Å². The monoisotopic (exact) mass is 530 g/mol. The first-order chi connectivity index (χ1) is 14.5.